The Morgan fingerprint density at radius 3 is 2.04 bits per heavy atom. The number of hydrogen-bond acceptors (Lipinski definition) is 7. The quantitative estimate of drug-likeness (QED) is 0.405. The van der Waals surface area contributed by atoms with E-state index in [1.807, 2.05) is 30.3 Å². The van der Waals surface area contributed by atoms with Crippen molar-refractivity contribution in [3.63, 3.8) is 0 Å². The van der Waals surface area contributed by atoms with Crippen molar-refractivity contribution in [2.45, 2.75) is 25.3 Å². The van der Waals surface area contributed by atoms with Gasteiger partial charge in [-0.3, -0.25) is 9.59 Å². The van der Waals surface area contributed by atoms with Gasteiger partial charge < -0.3 is 14.0 Å². The van der Waals surface area contributed by atoms with Crippen LogP contribution in [-0.2, 0) is 31.1 Å². The molecule has 0 amide bonds. The second kappa shape index (κ2) is 8.79. The summed E-state index contributed by atoms with van der Waals surface area (Å²) in [7, 11) is -4.57. The number of ether oxygens (including phenoxy) is 2. The molecule has 0 fully saturated rings. The van der Waals surface area contributed by atoms with E-state index in [2.05, 4.69) is 0 Å². The molecule has 2 aromatic carbocycles. The van der Waals surface area contributed by atoms with E-state index in [9.17, 15) is 22.6 Å². The van der Waals surface area contributed by atoms with Gasteiger partial charge in [0, 0.05) is 0 Å². The summed E-state index contributed by atoms with van der Waals surface area (Å²) >= 11 is 0. The van der Waals surface area contributed by atoms with Crippen molar-refractivity contribution in [1.29, 1.82) is 0 Å². The number of benzene rings is 2. The lowest BCUT2D eigenvalue weighted by atomic mass is 9.96. The molecule has 2 unspecified atom stereocenters. The standard InChI is InChI=1S/C19H20O7S/c1-13(18(20)25-12-15-6-4-3-5-7-15)14(2)19(21)26-16-8-10-17(11-9-16)27(22,23)24/h3-11,13-14H,12H2,1-2H3,(H,22,23,24)/p-1. The van der Waals surface area contributed by atoms with Crippen LogP contribution in [0.25, 0.3) is 0 Å². The molecule has 0 saturated heterocycles. The fourth-order valence-electron chi connectivity index (χ4n) is 2.15. The smallest absolute Gasteiger partial charge is 0.314 e. The van der Waals surface area contributed by atoms with Crippen LogP contribution >= 0.6 is 0 Å². The minimum atomic E-state index is -4.57. The predicted octanol–water partition coefficient (Wildman–Crippen LogP) is 2.51. The zero-order valence-electron chi connectivity index (χ0n) is 14.8. The van der Waals surface area contributed by atoms with Crippen LogP contribution in [0.15, 0.2) is 59.5 Å². The summed E-state index contributed by atoms with van der Waals surface area (Å²) in [6, 6.07) is 13.7. The van der Waals surface area contributed by atoms with Crippen LogP contribution in [0.4, 0.5) is 0 Å². The van der Waals surface area contributed by atoms with Crippen molar-refractivity contribution < 1.29 is 32.0 Å². The van der Waals surface area contributed by atoms with Crippen LogP contribution < -0.4 is 4.74 Å². The Morgan fingerprint density at radius 2 is 1.48 bits per heavy atom. The van der Waals surface area contributed by atoms with Crippen molar-refractivity contribution in [2.24, 2.45) is 11.8 Å². The van der Waals surface area contributed by atoms with E-state index >= 15 is 0 Å². The Balaban J connectivity index is 1.92. The van der Waals surface area contributed by atoms with E-state index in [1.54, 1.807) is 6.92 Å². The van der Waals surface area contributed by atoms with Gasteiger partial charge in [0.05, 0.1) is 16.7 Å². The van der Waals surface area contributed by atoms with E-state index < -0.39 is 38.8 Å². The molecule has 7 nitrogen and oxygen atoms in total. The van der Waals surface area contributed by atoms with Crippen LogP contribution in [0, 0.1) is 11.8 Å². The molecule has 0 bridgehead atoms. The van der Waals surface area contributed by atoms with E-state index in [0.717, 1.165) is 17.7 Å². The topological polar surface area (TPSA) is 110 Å². The van der Waals surface area contributed by atoms with Crippen LogP contribution in [0.5, 0.6) is 5.75 Å². The van der Waals surface area contributed by atoms with Crippen molar-refractivity contribution in [3.8, 4) is 5.75 Å². The second-order valence-corrected chi connectivity index (χ2v) is 7.40. The van der Waals surface area contributed by atoms with Crippen LogP contribution in [-0.4, -0.2) is 24.9 Å². The molecular formula is C19H19O7S-. The predicted molar refractivity (Wildman–Crippen MR) is 94.6 cm³/mol. The highest BCUT2D eigenvalue weighted by Gasteiger charge is 2.29. The first-order valence-corrected chi connectivity index (χ1v) is 9.57. The monoisotopic (exact) mass is 391 g/mol. The Hall–Kier alpha value is -2.71. The molecule has 0 aliphatic carbocycles. The molecule has 0 aliphatic heterocycles. The fraction of sp³-hybridized carbons (Fsp3) is 0.263. The average Bonchev–Trinajstić information content (AvgIpc) is 2.65. The third-order valence-electron chi connectivity index (χ3n) is 4.05. The number of carbonyl (C=O) groups is 2. The molecule has 0 radical (unpaired) electrons. The van der Waals surface area contributed by atoms with Crippen molar-refractivity contribution in [2.75, 3.05) is 0 Å². The Labute approximate surface area is 157 Å². The SMILES string of the molecule is CC(C(=O)OCc1ccccc1)C(C)C(=O)Oc1ccc(S(=O)(=O)[O-])cc1. The number of hydrogen-bond donors (Lipinski definition) is 0. The molecule has 0 aromatic heterocycles. The van der Waals surface area contributed by atoms with E-state index in [-0.39, 0.29) is 12.4 Å². The highest BCUT2D eigenvalue weighted by Crippen LogP contribution is 2.20. The molecule has 0 N–H and O–H groups in total. The molecule has 0 aliphatic rings. The van der Waals surface area contributed by atoms with Gasteiger partial charge in [-0.2, -0.15) is 0 Å². The molecule has 2 atom stereocenters. The fourth-order valence-corrected chi connectivity index (χ4v) is 2.62. The van der Waals surface area contributed by atoms with Crippen LogP contribution in [0.2, 0.25) is 0 Å². The summed E-state index contributed by atoms with van der Waals surface area (Å²) in [5.41, 5.74) is 0.835. The zero-order valence-corrected chi connectivity index (χ0v) is 15.6. The molecular weight excluding hydrogens is 372 g/mol. The Morgan fingerprint density at radius 1 is 0.926 bits per heavy atom. The Kier molecular flexibility index (Phi) is 6.70. The van der Waals surface area contributed by atoms with Gasteiger partial charge in [-0.25, -0.2) is 8.42 Å². The van der Waals surface area contributed by atoms with E-state index in [4.69, 9.17) is 9.47 Å². The van der Waals surface area contributed by atoms with Crippen molar-refractivity contribution in [3.05, 3.63) is 60.2 Å². The normalized spacial score (nSPS) is 13.4. The van der Waals surface area contributed by atoms with E-state index in [1.165, 1.54) is 19.1 Å². The summed E-state index contributed by atoms with van der Waals surface area (Å²) in [6.45, 7) is 3.20. The molecule has 0 saturated carbocycles. The van der Waals surface area contributed by atoms with Gasteiger partial charge >= 0.3 is 11.9 Å². The second-order valence-electron chi connectivity index (χ2n) is 6.02. The lowest BCUT2D eigenvalue weighted by Crippen LogP contribution is -2.30. The lowest BCUT2D eigenvalue weighted by molar-refractivity contribution is -0.156. The first-order valence-electron chi connectivity index (χ1n) is 8.16. The van der Waals surface area contributed by atoms with Crippen molar-refractivity contribution >= 4 is 22.1 Å². The number of esters is 2. The van der Waals surface area contributed by atoms with Gasteiger partial charge in [0.2, 0.25) is 0 Å². The van der Waals surface area contributed by atoms with Gasteiger partial charge in [0.15, 0.2) is 0 Å². The number of rotatable bonds is 7. The maximum atomic E-state index is 12.2. The van der Waals surface area contributed by atoms with Crippen LogP contribution in [0.3, 0.4) is 0 Å². The van der Waals surface area contributed by atoms with Crippen molar-refractivity contribution in [1.82, 2.24) is 0 Å². The summed E-state index contributed by atoms with van der Waals surface area (Å²) in [5, 5.41) is 0. The van der Waals surface area contributed by atoms with Gasteiger partial charge in [-0.1, -0.05) is 44.2 Å². The average molecular weight is 391 g/mol. The minimum absolute atomic E-state index is 0.0732. The van der Waals surface area contributed by atoms with E-state index in [0.29, 0.717) is 0 Å². The molecule has 0 spiro atoms. The molecule has 2 aromatic rings. The highest BCUT2D eigenvalue weighted by molar-refractivity contribution is 7.85. The largest absolute Gasteiger partial charge is 0.744 e. The first-order chi connectivity index (χ1) is 12.7. The zero-order chi connectivity index (χ0) is 20.0. The Bertz CT molecular complexity index is 889. The third-order valence-corrected chi connectivity index (χ3v) is 4.90. The minimum Gasteiger partial charge on any atom is -0.744 e. The summed E-state index contributed by atoms with van der Waals surface area (Å²) in [4.78, 5) is 23.9. The van der Waals surface area contributed by atoms with Gasteiger partial charge in [-0.15, -0.1) is 0 Å². The summed E-state index contributed by atoms with van der Waals surface area (Å²) < 4.78 is 43.0. The lowest BCUT2D eigenvalue weighted by Gasteiger charge is -2.18. The van der Waals surface area contributed by atoms with Crippen LogP contribution in [0.1, 0.15) is 19.4 Å². The molecule has 2 rings (SSSR count). The number of carbonyl (C=O) groups excluding carboxylic acids is 2. The summed E-state index contributed by atoms with van der Waals surface area (Å²) in [6.07, 6.45) is 0. The maximum absolute atomic E-state index is 12.2. The summed E-state index contributed by atoms with van der Waals surface area (Å²) in [5.74, 6) is -2.64. The molecule has 8 heteroatoms. The maximum Gasteiger partial charge on any atom is 0.314 e. The van der Waals surface area contributed by atoms with Gasteiger partial charge in [0.25, 0.3) is 0 Å². The molecule has 27 heavy (non-hydrogen) atoms. The molecule has 0 heterocycles. The van der Waals surface area contributed by atoms with Gasteiger partial charge in [-0.05, 0) is 29.8 Å². The van der Waals surface area contributed by atoms with Gasteiger partial charge in [0.1, 0.15) is 22.5 Å². The molecule has 144 valence electrons. The first kappa shape index (κ1) is 20.6. The third kappa shape index (κ3) is 5.90. The highest BCUT2D eigenvalue weighted by atomic mass is 32.2.